The summed E-state index contributed by atoms with van der Waals surface area (Å²) in [5.74, 6) is 6.18. The number of hydrogen-bond acceptors (Lipinski definition) is 6. The largest absolute Gasteiger partial charge is 0.493 e. The number of ketones is 1. The summed E-state index contributed by atoms with van der Waals surface area (Å²) in [6.45, 7) is 2.64. The van der Waals surface area contributed by atoms with E-state index in [1.54, 1.807) is 37.4 Å². The third-order valence-corrected chi connectivity index (χ3v) is 7.04. The summed E-state index contributed by atoms with van der Waals surface area (Å²) >= 11 is 6.36. The molecule has 1 atom stereocenters. The quantitative estimate of drug-likeness (QED) is 0.427. The second-order valence-electron chi connectivity index (χ2n) is 8.95. The van der Waals surface area contributed by atoms with Crippen molar-refractivity contribution >= 4 is 34.7 Å². The number of ether oxygens (including phenoxy) is 2. The van der Waals surface area contributed by atoms with Gasteiger partial charge in [0.15, 0.2) is 11.5 Å². The van der Waals surface area contributed by atoms with Crippen molar-refractivity contribution in [2.45, 2.75) is 38.6 Å². The standard InChI is InChI=1S/C28H27ClN4O4/c1-3-6-24(35)33-14-12-17(33)16-37-23-15-30-13-11-18(23)26-27(25-20(31-26)8-5-10-22(25)34)32-21-9-4-7-19(29)28(21)36-2/h4,7,9,11,13,15,17,31-32H,5,8,10,12,14,16H2,1-2H3/t17-/m1/s1. The molecule has 3 aromatic rings. The second kappa shape index (κ2) is 10.6. The van der Waals surface area contributed by atoms with Crippen LogP contribution in [0.4, 0.5) is 11.4 Å². The molecule has 1 fully saturated rings. The molecule has 190 valence electrons. The van der Waals surface area contributed by atoms with Gasteiger partial charge in [0.2, 0.25) is 0 Å². The molecule has 5 rings (SSSR count). The fraction of sp³-hybridized carbons (Fsp3) is 0.321. The Labute approximate surface area is 220 Å². The molecule has 2 aromatic heterocycles. The van der Waals surface area contributed by atoms with Crippen LogP contribution in [0.25, 0.3) is 11.3 Å². The number of methoxy groups -OCH3 is 1. The molecular formula is C28H27ClN4O4. The Balaban J connectivity index is 1.51. The fourth-order valence-corrected chi connectivity index (χ4v) is 5.07. The maximum atomic E-state index is 13.1. The number of nitrogens with one attached hydrogen (secondary N) is 2. The second-order valence-corrected chi connectivity index (χ2v) is 9.36. The number of halogens is 1. The first-order valence-corrected chi connectivity index (χ1v) is 12.6. The topological polar surface area (TPSA) is 96.6 Å². The Morgan fingerprint density at radius 1 is 1.32 bits per heavy atom. The van der Waals surface area contributed by atoms with Crippen LogP contribution in [0, 0.1) is 11.8 Å². The molecule has 0 saturated carbocycles. The minimum atomic E-state index is -0.189. The minimum absolute atomic E-state index is 0.0480. The number of aromatic amines is 1. The fourth-order valence-electron chi connectivity index (χ4n) is 4.82. The van der Waals surface area contributed by atoms with E-state index in [1.807, 2.05) is 18.2 Å². The molecule has 8 nitrogen and oxygen atoms in total. The Morgan fingerprint density at radius 3 is 2.95 bits per heavy atom. The van der Waals surface area contributed by atoms with Crippen molar-refractivity contribution in [2.24, 2.45) is 0 Å². The maximum Gasteiger partial charge on any atom is 0.298 e. The molecule has 1 aliphatic carbocycles. The summed E-state index contributed by atoms with van der Waals surface area (Å²) in [7, 11) is 1.56. The molecule has 0 unspecified atom stereocenters. The molecule has 3 heterocycles. The van der Waals surface area contributed by atoms with Gasteiger partial charge in [-0.25, -0.2) is 0 Å². The first-order chi connectivity index (χ1) is 18.0. The lowest BCUT2D eigenvalue weighted by molar-refractivity contribution is -0.133. The minimum Gasteiger partial charge on any atom is -0.493 e. The third-order valence-electron chi connectivity index (χ3n) is 6.74. The molecule has 37 heavy (non-hydrogen) atoms. The molecule has 9 heteroatoms. The number of amides is 1. The number of benzene rings is 1. The molecule has 1 amide bonds. The van der Waals surface area contributed by atoms with Crippen molar-refractivity contribution in [1.82, 2.24) is 14.9 Å². The number of pyridine rings is 1. The van der Waals surface area contributed by atoms with Gasteiger partial charge in [0.1, 0.15) is 12.4 Å². The van der Waals surface area contributed by atoms with Crippen molar-refractivity contribution in [1.29, 1.82) is 0 Å². The summed E-state index contributed by atoms with van der Waals surface area (Å²) < 4.78 is 11.7. The first kappa shape index (κ1) is 24.7. The van der Waals surface area contributed by atoms with Crippen LogP contribution in [-0.2, 0) is 11.2 Å². The average Bonchev–Trinajstić information content (AvgIpc) is 3.23. The molecule has 0 radical (unpaired) electrons. The monoisotopic (exact) mass is 518 g/mol. The van der Waals surface area contributed by atoms with Gasteiger partial charge in [0.05, 0.1) is 47.0 Å². The Morgan fingerprint density at radius 2 is 2.19 bits per heavy atom. The number of nitrogens with zero attached hydrogens (tertiary/aromatic N) is 2. The number of rotatable bonds is 7. The Hall–Kier alpha value is -3.96. The van der Waals surface area contributed by atoms with Gasteiger partial charge in [-0.2, -0.15) is 0 Å². The van der Waals surface area contributed by atoms with Gasteiger partial charge in [0.25, 0.3) is 5.91 Å². The number of carbonyl (C=O) groups excluding carboxylic acids is 2. The number of aromatic nitrogens is 2. The number of hydrogen-bond donors (Lipinski definition) is 2. The highest BCUT2D eigenvalue weighted by Gasteiger charge is 2.33. The number of para-hydroxylation sites is 1. The molecule has 1 aromatic carbocycles. The average molecular weight is 519 g/mol. The van der Waals surface area contributed by atoms with Crippen LogP contribution in [0.15, 0.2) is 36.7 Å². The van der Waals surface area contributed by atoms with Gasteiger partial charge in [0, 0.05) is 30.4 Å². The summed E-state index contributed by atoms with van der Waals surface area (Å²) in [5.41, 5.74) is 4.29. The number of carbonyl (C=O) groups is 2. The van der Waals surface area contributed by atoms with E-state index in [0.29, 0.717) is 53.0 Å². The molecule has 2 N–H and O–H groups in total. The summed E-state index contributed by atoms with van der Waals surface area (Å²) in [6, 6.07) is 7.23. The maximum absolute atomic E-state index is 13.1. The summed E-state index contributed by atoms with van der Waals surface area (Å²) in [6.07, 6.45) is 6.22. The van der Waals surface area contributed by atoms with E-state index in [1.165, 1.54) is 0 Å². The van der Waals surface area contributed by atoms with Gasteiger partial charge in [-0.3, -0.25) is 14.6 Å². The molecule has 2 aliphatic rings. The van der Waals surface area contributed by atoms with Gasteiger partial charge in [-0.15, -0.1) is 0 Å². The third kappa shape index (κ3) is 4.75. The van der Waals surface area contributed by atoms with E-state index in [9.17, 15) is 9.59 Å². The highest BCUT2D eigenvalue weighted by atomic mass is 35.5. The lowest BCUT2D eigenvalue weighted by atomic mass is 9.95. The van der Waals surface area contributed by atoms with E-state index >= 15 is 0 Å². The van der Waals surface area contributed by atoms with Crippen molar-refractivity contribution in [3.8, 4) is 34.6 Å². The van der Waals surface area contributed by atoms with E-state index in [-0.39, 0.29) is 17.7 Å². The van der Waals surface area contributed by atoms with E-state index in [0.717, 1.165) is 36.2 Å². The summed E-state index contributed by atoms with van der Waals surface area (Å²) in [5, 5.41) is 3.88. The number of Topliss-reactive ketones (excluding diaryl/α,β-unsaturated/α-hetero) is 1. The number of fused-ring (bicyclic) bond motifs is 1. The van der Waals surface area contributed by atoms with Crippen LogP contribution in [0.5, 0.6) is 11.5 Å². The number of anilines is 2. The van der Waals surface area contributed by atoms with Crippen LogP contribution in [0.1, 0.15) is 42.2 Å². The van der Waals surface area contributed by atoms with Crippen molar-refractivity contribution in [3.05, 3.63) is 52.9 Å². The number of H-pyrrole nitrogens is 1. The highest BCUT2D eigenvalue weighted by molar-refractivity contribution is 6.32. The highest BCUT2D eigenvalue weighted by Crippen LogP contribution is 2.44. The zero-order valence-electron chi connectivity index (χ0n) is 20.7. The predicted octanol–water partition coefficient (Wildman–Crippen LogP) is 5.00. The van der Waals surface area contributed by atoms with E-state index in [2.05, 4.69) is 27.1 Å². The zero-order valence-corrected chi connectivity index (χ0v) is 21.4. The van der Waals surface area contributed by atoms with Crippen LogP contribution < -0.4 is 14.8 Å². The molecule has 1 saturated heterocycles. The normalized spacial score (nSPS) is 16.2. The Bertz CT molecular complexity index is 1420. The van der Waals surface area contributed by atoms with Crippen molar-refractivity contribution in [3.63, 3.8) is 0 Å². The smallest absolute Gasteiger partial charge is 0.298 e. The van der Waals surface area contributed by atoms with Crippen LogP contribution >= 0.6 is 11.6 Å². The van der Waals surface area contributed by atoms with E-state index in [4.69, 9.17) is 21.1 Å². The van der Waals surface area contributed by atoms with Gasteiger partial charge in [-0.05, 0) is 50.3 Å². The molecule has 0 bridgehead atoms. The Kier molecular flexibility index (Phi) is 7.06. The van der Waals surface area contributed by atoms with Crippen LogP contribution in [-0.4, -0.2) is 52.9 Å². The SMILES string of the molecule is CC#CC(=O)N1CC[C@@H]1COc1cnccc1-c1[nH]c2c(c1Nc1cccc(Cl)c1OC)C(=O)CCC2. The molecular weight excluding hydrogens is 492 g/mol. The molecule has 0 spiro atoms. The predicted molar refractivity (Wildman–Crippen MR) is 142 cm³/mol. The van der Waals surface area contributed by atoms with Crippen molar-refractivity contribution in [2.75, 3.05) is 25.6 Å². The van der Waals surface area contributed by atoms with Gasteiger partial charge in [-0.1, -0.05) is 23.6 Å². The number of likely N-dealkylation sites (tertiary alicyclic amines) is 1. The number of aryl methyl sites for hydroxylation is 1. The van der Waals surface area contributed by atoms with Gasteiger partial charge >= 0.3 is 0 Å². The lowest BCUT2D eigenvalue weighted by Gasteiger charge is -2.39. The summed E-state index contributed by atoms with van der Waals surface area (Å²) in [4.78, 5) is 34.7. The van der Waals surface area contributed by atoms with Crippen LogP contribution in [0.2, 0.25) is 5.02 Å². The molecule has 1 aliphatic heterocycles. The first-order valence-electron chi connectivity index (χ1n) is 12.2. The zero-order chi connectivity index (χ0) is 25.9. The lowest BCUT2D eigenvalue weighted by Crippen LogP contribution is -2.53. The van der Waals surface area contributed by atoms with E-state index < -0.39 is 0 Å². The van der Waals surface area contributed by atoms with Crippen LogP contribution in [0.3, 0.4) is 0 Å². The van der Waals surface area contributed by atoms with Crippen molar-refractivity contribution < 1.29 is 19.1 Å². The van der Waals surface area contributed by atoms with Gasteiger partial charge < -0.3 is 24.7 Å².